The Morgan fingerprint density at radius 2 is 1.45 bits per heavy atom. The Morgan fingerprint density at radius 3 is 1.94 bits per heavy atom. The van der Waals surface area contributed by atoms with E-state index in [1.54, 1.807) is 30.3 Å². The normalized spacial score (nSPS) is 14.3. The molecule has 3 N–H and O–H groups in total. The Labute approximate surface area is 188 Å². The number of carbonyl (C=O) groups is 3. The maximum absolute atomic E-state index is 12.3. The molecule has 1 heterocycles. The van der Waals surface area contributed by atoms with Crippen molar-refractivity contribution in [2.24, 2.45) is 0 Å². The molecule has 2 aromatic rings. The predicted molar refractivity (Wildman–Crippen MR) is 117 cm³/mol. The van der Waals surface area contributed by atoms with E-state index >= 15 is 0 Å². The van der Waals surface area contributed by atoms with Crippen LogP contribution in [0.3, 0.4) is 0 Å². The van der Waals surface area contributed by atoms with Crippen LogP contribution in [-0.4, -0.2) is 43.7 Å². The van der Waals surface area contributed by atoms with Gasteiger partial charge in [-0.1, -0.05) is 42.5 Å². The molecule has 1 aliphatic rings. The molecule has 33 heavy (non-hydrogen) atoms. The van der Waals surface area contributed by atoms with Crippen molar-refractivity contribution in [1.82, 2.24) is 0 Å². The topological polar surface area (TPSA) is 175 Å². The summed E-state index contributed by atoms with van der Waals surface area (Å²) in [5, 5.41) is 2.22. The van der Waals surface area contributed by atoms with Crippen molar-refractivity contribution in [3.05, 3.63) is 59.7 Å². The van der Waals surface area contributed by atoms with Crippen LogP contribution in [0.2, 0.25) is 0 Å². The lowest BCUT2D eigenvalue weighted by molar-refractivity contribution is -0.120. The largest absolute Gasteiger partial charge is 0.324 e. The molecule has 11 nitrogen and oxygen atoms in total. The summed E-state index contributed by atoms with van der Waals surface area (Å²) in [5.74, 6) is -2.89. The van der Waals surface area contributed by atoms with Crippen molar-refractivity contribution in [2.45, 2.75) is 16.7 Å². The maximum atomic E-state index is 12.3. The number of nitrogens with one attached hydrogen (secondary N) is 1. The van der Waals surface area contributed by atoms with Crippen LogP contribution in [0.1, 0.15) is 18.1 Å². The number of hydrogen-bond donors (Lipinski definition) is 3. The molecule has 172 valence electrons. The van der Waals surface area contributed by atoms with Crippen molar-refractivity contribution in [1.29, 1.82) is 0 Å². The van der Waals surface area contributed by atoms with Crippen LogP contribution in [0.15, 0.2) is 58.3 Å². The number of imide groups is 1. The second kappa shape index (κ2) is 8.71. The molecule has 0 bridgehead atoms. The van der Waals surface area contributed by atoms with Crippen molar-refractivity contribution in [3.8, 4) is 0 Å². The number of carbonyl (C=O) groups excluding carboxylic acids is 3. The van der Waals surface area contributed by atoms with Gasteiger partial charge in [-0.2, -0.15) is 16.8 Å². The van der Waals surface area contributed by atoms with Crippen LogP contribution in [0.5, 0.6) is 0 Å². The quantitative estimate of drug-likeness (QED) is 0.308. The average molecular weight is 492 g/mol. The van der Waals surface area contributed by atoms with Gasteiger partial charge in [0, 0.05) is 19.1 Å². The number of amides is 3. The van der Waals surface area contributed by atoms with Crippen LogP contribution < -0.4 is 10.2 Å². The molecule has 0 atom stereocenters. The van der Waals surface area contributed by atoms with E-state index in [0.29, 0.717) is 5.56 Å². The molecule has 0 radical (unpaired) electrons. The fourth-order valence-corrected chi connectivity index (χ4v) is 5.34. The highest BCUT2D eigenvalue weighted by Gasteiger charge is 2.39. The van der Waals surface area contributed by atoms with E-state index in [0.717, 1.165) is 31.2 Å². The molecule has 0 spiro atoms. The van der Waals surface area contributed by atoms with Gasteiger partial charge in [0.2, 0.25) is 5.91 Å². The van der Waals surface area contributed by atoms with Crippen molar-refractivity contribution < 1.29 is 40.3 Å². The highest BCUT2D eigenvalue weighted by atomic mass is 32.2. The first-order valence-corrected chi connectivity index (χ1v) is 11.9. The molecule has 0 unspecified atom stereocenters. The van der Waals surface area contributed by atoms with Crippen molar-refractivity contribution in [3.63, 3.8) is 0 Å². The number of benzene rings is 2. The van der Waals surface area contributed by atoms with E-state index in [4.69, 9.17) is 0 Å². The van der Waals surface area contributed by atoms with E-state index in [1.165, 1.54) is 6.08 Å². The summed E-state index contributed by atoms with van der Waals surface area (Å²) in [5.41, 5.74) is -1.29. The maximum Gasteiger partial charge on any atom is 0.298 e. The lowest BCUT2D eigenvalue weighted by atomic mass is 10.1. The highest BCUT2D eigenvalue weighted by molar-refractivity contribution is 7.89. The highest BCUT2D eigenvalue weighted by Crippen LogP contribution is 2.42. The second-order valence-corrected chi connectivity index (χ2v) is 9.46. The predicted octanol–water partition coefficient (Wildman–Crippen LogP) is 1.74. The number of nitrogens with zero attached hydrogens (tertiary/aromatic N) is 1. The molecular weight excluding hydrogens is 476 g/mol. The first kappa shape index (κ1) is 24.0. The molecule has 0 saturated heterocycles. The second-order valence-electron chi connectivity index (χ2n) is 6.74. The van der Waals surface area contributed by atoms with Crippen LogP contribution in [0.25, 0.3) is 12.2 Å². The van der Waals surface area contributed by atoms with Gasteiger partial charge < -0.3 is 5.32 Å². The smallest absolute Gasteiger partial charge is 0.298 e. The van der Waals surface area contributed by atoms with E-state index in [-0.39, 0.29) is 4.90 Å². The average Bonchev–Trinajstić information content (AvgIpc) is 3.02. The van der Waals surface area contributed by atoms with E-state index < -0.39 is 64.7 Å². The number of rotatable bonds is 6. The van der Waals surface area contributed by atoms with Crippen LogP contribution in [-0.2, 0) is 34.6 Å². The first-order chi connectivity index (χ1) is 15.3. The Bertz CT molecular complexity index is 1420. The minimum atomic E-state index is -5.49. The first-order valence-electron chi connectivity index (χ1n) is 9.03. The fourth-order valence-electron chi connectivity index (χ4n) is 3.16. The zero-order valence-corrected chi connectivity index (χ0v) is 18.4. The Morgan fingerprint density at radius 1 is 0.909 bits per heavy atom. The summed E-state index contributed by atoms with van der Waals surface area (Å²) < 4.78 is 68.9. The molecule has 0 saturated carbocycles. The zero-order valence-electron chi connectivity index (χ0n) is 16.8. The van der Waals surface area contributed by atoms with Crippen LogP contribution in [0, 0.1) is 0 Å². The molecule has 13 heteroatoms. The van der Waals surface area contributed by atoms with Gasteiger partial charge in [-0.25, -0.2) is 4.90 Å². The Balaban J connectivity index is 2.48. The Kier molecular flexibility index (Phi) is 6.33. The van der Waals surface area contributed by atoms with Gasteiger partial charge in [-0.15, -0.1) is 0 Å². The lowest BCUT2D eigenvalue weighted by Crippen LogP contribution is -2.33. The summed E-state index contributed by atoms with van der Waals surface area (Å²) in [6.07, 6.45) is 4.06. The number of hydrogen-bond acceptors (Lipinski definition) is 7. The van der Waals surface area contributed by atoms with Crippen LogP contribution >= 0.6 is 0 Å². The van der Waals surface area contributed by atoms with Gasteiger partial charge in [0.1, 0.15) is 9.79 Å². The molecular formula is C20H16N2O9S2. The van der Waals surface area contributed by atoms with Gasteiger partial charge in [0.25, 0.3) is 32.1 Å². The Hall–Kier alpha value is -3.65. The summed E-state index contributed by atoms with van der Waals surface area (Å²) in [6.45, 7) is 1.04. The molecule has 0 fully saturated rings. The molecule has 2 aromatic carbocycles. The van der Waals surface area contributed by atoms with Gasteiger partial charge in [-0.3, -0.25) is 23.5 Å². The molecule has 0 aromatic heterocycles. The van der Waals surface area contributed by atoms with Crippen molar-refractivity contribution in [2.75, 3.05) is 10.2 Å². The molecule has 1 aliphatic heterocycles. The van der Waals surface area contributed by atoms with Gasteiger partial charge in [0.05, 0.1) is 11.4 Å². The summed E-state index contributed by atoms with van der Waals surface area (Å²) >= 11 is 0. The van der Waals surface area contributed by atoms with E-state index in [9.17, 15) is 40.3 Å². The summed E-state index contributed by atoms with van der Waals surface area (Å²) in [6, 6.07) is 9.31. The third kappa shape index (κ3) is 5.06. The summed E-state index contributed by atoms with van der Waals surface area (Å²) in [7, 11) is -10.9. The molecule has 3 rings (SSSR count). The standard InChI is InChI=1S/C20H16N2O9S2/c1-12(23)21-15-11-14(8-7-13-5-3-2-4-6-13)19(32(26,27)28)20(33(29,30)31)18(15)22-16(24)9-10-17(22)25/h2-11H,1H3,(H,21,23)(H,26,27,28)(H,29,30,31). The van der Waals surface area contributed by atoms with Gasteiger partial charge >= 0.3 is 0 Å². The monoisotopic (exact) mass is 492 g/mol. The third-order valence-electron chi connectivity index (χ3n) is 4.35. The minimum absolute atomic E-state index is 0.258. The van der Waals surface area contributed by atoms with E-state index in [1.807, 2.05) is 0 Å². The minimum Gasteiger partial charge on any atom is -0.324 e. The third-order valence-corrected chi connectivity index (χ3v) is 6.35. The lowest BCUT2D eigenvalue weighted by Gasteiger charge is -2.23. The van der Waals surface area contributed by atoms with Crippen molar-refractivity contribution >= 4 is 61.5 Å². The van der Waals surface area contributed by atoms with Gasteiger partial charge in [-0.05, 0) is 17.2 Å². The van der Waals surface area contributed by atoms with E-state index in [2.05, 4.69) is 5.32 Å². The van der Waals surface area contributed by atoms with Gasteiger partial charge in [0.15, 0.2) is 0 Å². The zero-order chi connectivity index (χ0) is 24.6. The fraction of sp³-hybridized carbons (Fsp3) is 0.0500. The SMILES string of the molecule is CC(=O)Nc1cc(C=Cc2ccccc2)c(S(=O)(=O)O)c(S(=O)(=O)O)c1N1C(=O)C=CC1=O. The molecule has 0 aliphatic carbocycles. The molecule has 3 amide bonds. The van der Waals surface area contributed by atoms with Crippen LogP contribution in [0.4, 0.5) is 11.4 Å². The number of anilines is 2. The summed E-state index contributed by atoms with van der Waals surface area (Å²) in [4.78, 5) is 33.8.